The van der Waals surface area contributed by atoms with Crippen LogP contribution < -0.4 is 11.5 Å². The summed E-state index contributed by atoms with van der Waals surface area (Å²) in [6.07, 6.45) is 0. The van der Waals surface area contributed by atoms with Gasteiger partial charge in [-0.3, -0.25) is 9.67 Å². The number of anilines is 1. The van der Waals surface area contributed by atoms with Gasteiger partial charge in [0.15, 0.2) is 5.82 Å². The molecule has 0 saturated heterocycles. The van der Waals surface area contributed by atoms with Crippen molar-refractivity contribution in [2.24, 2.45) is 10.7 Å². The van der Waals surface area contributed by atoms with E-state index in [0.29, 0.717) is 11.3 Å². The van der Waals surface area contributed by atoms with E-state index in [9.17, 15) is 8.78 Å². The lowest BCUT2D eigenvalue weighted by Gasteiger charge is -2.31. The van der Waals surface area contributed by atoms with Crippen molar-refractivity contribution in [1.29, 1.82) is 0 Å². The largest absolute Gasteiger partial charge is 0.399 e. The molecule has 1 aromatic heterocycles. The lowest BCUT2D eigenvalue weighted by atomic mass is 9.90. The molecule has 4 N–H and O–H groups in total. The average Bonchev–Trinajstić information content (AvgIpc) is 2.67. The highest BCUT2D eigenvalue weighted by molar-refractivity contribution is 5.97. The van der Waals surface area contributed by atoms with Gasteiger partial charge in [0.2, 0.25) is 0 Å². The first kappa shape index (κ1) is 13.5. The van der Waals surface area contributed by atoms with Crippen LogP contribution in [0.3, 0.4) is 0 Å². The standard InChI is InChI=1S/C14H15F2N5/c1-7-11(16)12-13(18)19-14(2,6-21(12)20-7)9-5-8(17)3-4-10(9)15/h3-5H,6,17H2,1-2H3,(H2,18,19)/t14-/m0/s1. The SMILES string of the molecule is Cc1nn2c(c1F)C(N)=N[C@](C)(c1cc(N)ccc1F)C2. The van der Waals surface area contributed by atoms with Crippen molar-refractivity contribution in [1.82, 2.24) is 9.78 Å². The van der Waals surface area contributed by atoms with Gasteiger partial charge in [-0.25, -0.2) is 8.78 Å². The molecule has 7 heteroatoms. The highest BCUT2D eigenvalue weighted by atomic mass is 19.1. The molecule has 3 rings (SSSR count). The molecule has 110 valence electrons. The highest BCUT2D eigenvalue weighted by Crippen LogP contribution is 2.34. The summed E-state index contributed by atoms with van der Waals surface area (Å²) >= 11 is 0. The van der Waals surface area contributed by atoms with Crippen LogP contribution in [0.4, 0.5) is 14.5 Å². The van der Waals surface area contributed by atoms with E-state index in [-0.39, 0.29) is 23.8 Å². The van der Waals surface area contributed by atoms with Crippen molar-refractivity contribution >= 4 is 11.5 Å². The third-order valence-electron chi connectivity index (χ3n) is 3.69. The third kappa shape index (κ3) is 1.96. The van der Waals surface area contributed by atoms with Crippen molar-refractivity contribution in [3.63, 3.8) is 0 Å². The van der Waals surface area contributed by atoms with E-state index in [2.05, 4.69) is 10.1 Å². The Kier molecular flexibility index (Phi) is 2.76. The second-order valence-corrected chi connectivity index (χ2v) is 5.42. The molecule has 1 aromatic carbocycles. The van der Waals surface area contributed by atoms with Crippen LogP contribution in [0.25, 0.3) is 0 Å². The maximum absolute atomic E-state index is 14.1. The minimum absolute atomic E-state index is 0.00340. The molecule has 0 radical (unpaired) electrons. The Balaban J connectivity index is 2.17. The number of halogens is 2. The molecule has 2 heterocycles. The van der Waals surface area contributed by atoms with E-state index in [1.54, 1.807) is 13.8 Å². The predicted molar refractivity (Wildman–Crippen MR) is 75.8 cm³/mol. The minimum atomic E-state index is -0.985. The van der Waals surface area contributed by atoms with Crippen LogP contribution >= 0.6 is 0 Å². The summed E-state index contributed by atoms with van der Waals surface area (Å²) in [4.78, 5) is 4.30. The van der Waals surface area contributed by atoms with Crippen molar-refractivity contribution in [3.05, 3.63) is 46.8 Å². The zero-order valence-electron chi connectivity index (χ0n) is 11.7. The van der Waals surface area contributed by atoms with Crippen LogP contribution in [0.15, 0.2) is 23.2 Å². The molecule has 5 nitrogen and oxygen atoms in total. The number of aryl methyl sites for hydroxylation is 1. The molecule has 1 aliphatic heterocycles. The summed E-state index contributed by atoms with van der Waals surface area (Å²) in [6, 6.07) is 4.27. The maximum Gasteiger partial charge on any atom is 0.175 e. The Morgan fingerprint density at radius 1 is 1.29 bits per heavy atom. The van der Waals surface area contributed by atoms with Gasteiger partial charge in [-0.05, 0) is 32.0 Å². The van der Waals surface area contributed by atoms with Gasteiger partial charge < -0.3 is 11.5 Å². The number of nitrogens with zero attached hydrogens (tertiary/aromatic N) is 3. The van der Waals surface area contributed by atoms with E-state index in [1.807, 2.05) is 0 Å². The number of amidine groups is 1. The van der Waals surface area contributed by atoms with Gasteiger partial charge in [0.05, 0.1) is 12.2 Å². The summed E-state index contributed by atoms with van der Waals surface area (Å²) < 4.78 is 29.5. The number of aromatic nitrogens is 2. The lowest BCUT2D eigenvalue weighted by molar-refractivity contribution is 0.361. The van der Waals surface area contributed by atoms with Crippen LogP contribution in [0.2, 0.25) is 0 Å². The molecule has 21 heavy (non-hydrogen) atoms. The van der Waals surface area contributed by atoms with E-state index in [4.69, 9.17) is 11.5 Å². The fourth-order valence-corrected chi connectivity index (χ4v) is 2.67. The first-order chi connectivity index (χ1) is 9.82. The highest BCUT2D eigenvalue weighted by Gasteiger charge is 2.37. The number of hydrogen-bond donors (Lipinski definition) is 2. The van der Waals surface area contributed by atoms with E-state index >= 15 is 0 Å². The van der Waals surface area contributed by atoms with Crippen LogP contribution in [-0.4, -0.2) is 15.6 Å². The van der Waals surface area contributed by atoms with Gasteiger partial charge in [0.25, 0.3) is 0 Å². The lowest BCUT2D eigenvalue weighted by Crippen LogP contribution is -2.38. The van der Waals surface area contributed by atoms with Gasteiger partial charge in [-0.1, -0.05) is 0 Å². The van der Waals surface area contributed by atoms with E-state index in [0.717, 1.165) is 0 Å². The fourth-order valence-electron chi connectivity index (χ4n) is 2.67. The minimum Gasteiger partial charge on any atom is -0.399 e. The Morgan fingerprint density at radius 2 is 2.00 bits per heavy atom. The van der Waals surface area contributed by atoms with E-state index < -0.39 is 17.2 Å². The number of rotatable bonds is 1. The molecule has 1 aliphatic rings. The summed E-state index contributed by atoms with van der Waals surface area (Å²) in [6.45, 7) is 3.45. The summed E-state index contributed by atoms with van der Waals surface area (Å²) in [5, 5.41) is 4.10. The molecule has 0 amide bonds. The van der Waals surface area contributed by atoms with Crippen molar-refractivity contribution in [3.8, 4) is 0 Å². The Labute approximate surface area is 120 Å². The number of fused-ring (bicyclic) bond motifs is 1. The van der Waals surface area contributed by atoms with Crippen LogP contribution in [0.5, 0.6) is 0 Å². The van der Waals surface area contributed by atoms with Gasteiger partial charge in [-0.2, -0.15) is 5.10 Å². The van der Waals surface area contributed by atoms with Crippen molar-refractivity contribution in [2.45, 2.75) is 25.9 Å². The zero-order valence-corrected chi connectivity index (χ0v) is 11.7. The van der Waals surface area contributed by atoms with Crippen LogP contribution in [0, 0.1) is 18.6 Å². The average molecular weight is 291 g/mol. The van der Waals surface area contributed by atoms with Gasteiger partial charge >= 0.3 is 0 Å². The number of aliphatic imine (C=N–C) groups is 1. The van der Waals surface area contributed by atoms with Crippen molar-refractivity contribution in [2.75, 3.05) is 5.73 Å². The molecular weight excluding hydrogens is 276 g/mol. The summed E-state index contributed by atoms with van der Waals surface area (Å²) in [5.74, 6) is -0.925. The first-order valence-corrected chi connectivity index (χ1v) is 6.46. The Morgan fingerprint density at radius 3 is 2.71 bits per heavy atom. The first-order valence-electron chi connectivity index (χ1n) is 6.46. The quantitative estimate of drug-likeness (QED) is 0.784. The maximum atomic E-state index is 14.1. The predicted octanol–water partition coefficient (Wildman–Crippen LogP) is 1.69. The second kappa shape index (κ2) is 4.28. The third-order valence-corrected chi connectivity index (χ3v) is 3.69. The molecule has 0 fully saturated rings. The molecule has 0 aliphatic carbocycles. The second-order valence-electron chi connectivity index (χ2n) is 5.42. The zero-order chi connectivity index (χ0) is 15.4. The molecule has 0 saturated carbocycles. The molecular formula is C14H15F2N5. The fraction of sp³-hybridized carbons (Fsp3) is 0.286. The van der Waals surface area contributed by atoms with E-state index in [1.165, 1.54) is 22.9 Å². The number of benzene rings is 1. The number of nitrogens with two attached hydrogens (primary N) is 2. The van der Waals surface area contributed by atoms with Gasteiger partial charge in [0, 0.05) is 11.3 Å². The molecule has 0 bridgehead atoms. The normalized spacial score (nSPS) is 21.0. The number of nitrogen functional groups attached to an aromatic ring is 1. The molecule has 0 unspecified atom stereocenters. The van der Waals surface area contributed by atoms with Crippen LogP contribution in [-0.2, 0) is 12.1 Å². The monoisotopic (exact) mass is 291 g/mol. The van der Waals surface area contributed by atoms with Crippen molar-refractivity contribution < 1.29 is 8.78 Å². The molecule has 0 spiro atoms. The van der Waals surface area contributed by atoms with Crippen LogP contribution in [0.1, 0.15) is 23.9 Å². The topological polar surface area (TPSA) is 82.2 Å². The van der Waals surface area contributed by atoms with Gasteiger partial charge in [-0.15, -0.1) is 0 Å². The Bertz CT molecular complexity index is 765. The summed E-state index contributed by atoms with van der Waals surface area (Å²) in [5.41, 5.74) is 11.7. The number of hydrogen-bond acceptors (Lipinski definition) is 4. The smallest absolute Gasteiger partial charge is 0.175 e. The molecule has 2 aromatic rings. The summed E-state index contributed by atoms with van der Waals surface area (Å²) in [7, 11) is 0. The Hall–Kier alpha value is -2.44. The molecule has 1 atom stereocenters. The van der Waals surface area contributed by atoms with Gasteiger partial charge in [0.1, 0.15) is 22.9 Å².